The molecule has 2 aromatic rings. The quantitative estimate of drug-likeness (QED) is 0.797. The molecule has 14 heavy (non-hydrogen) atoms. The summed E-state index contributed by atoms with van der Waals surface area (Å²) in [6.45, 7) is -0.000165. The van der Waals surface area contributed by atoms with Crippen LogP contribution in [0.2, 0.25) is 0 Å². The molecule has 0 aliphatic heterocycles. The van der Waals surface area contributed by atoms with Gasteiger partial charge < -0.3 is 10.1 Å². The number of hydrogen-bond acceptors (Lipinski definition) is 2. The Morgan fingerprint density at radius 1 is 1.21 bits per heavy atom. The van der Waals surface area contributed by atoms with Crippen LogP contribution in [0.25, 0.3) is 11.4 Å². The molecule has 0 atom stereocenters. The zero-order valence-electron chi connectivity index (χ0n) is 7.47. The molecule has 0 saturated heterocycles. The number of hydrogen-bond donors (Lipinski definition) is 2. The number of H-pyrrole nitrogens is 1. The van der Waals surface area contributed by atoms with E-state index in [1.54, 1.807) is 6.20 Å². The minimum absolute atomic E-state index is 0. The molecule has 0 aliphatic rings. The average molecular weight is 211 g/mol. The van der Waals surface area contributed by atoms with Crippen molar-refractivity contribution in [3.63, 3.8) is 0 Å². The van der Waals surface area contributed by atoms with Gasteiger partial charge in [0.05, 0.1) is 18.5 Å². The fourth-order valence-corrected chi connectivity index (χ4v) is 1.18. The molecule has 74 valence electrons. The standard InChI is InChI=1S/C10H10N2O.ClH/c13-7-9-6-11-10(12-9)8-4-2-1-3-5-8;/h1-6,13H,7H2,(H,11,12);1H. The first-order valence-electron chi connectivity index (χ1n) is 4.10. The predicted octanol–water partition coefficient (Wildman–Crippen LogP) is 1.99. The van der Waals surface area contributed by atoms with Crippen LogP contribution in [0.5, 0.6) is 0 Å². The van der Waals surface area contributed by atoms with Crippen molar-refractivity contribution in [2.75, 3.05) is 0 Å². The Hall–Kier alpha value is -1.32. The highest BCUT2D eigenvalue weighted by Crippen LogP contribution is 2.14. The number of nitrogens with one attached hydrogen (secondary N) is 1. The van der Waals surface area contributed by atoms with Gasteiger partial charge in [-0.2, -0.15) is 0 Å². The molecule has 0 spiro atoms. The molecule has 3 nitrogen and oxygen atoms in total. The lowest BCUT2D eigenvalue weighted by molar-refractivity contribution is 0.277. The number of benzene rings is 1. The highest BCUT2D eigenvalue weighted by Gasteiger charge is 2.00. The summed E-state index contributed by atoms with van der Waals surface area (Å²) in [6, 6.07) is 9.81. The molecular weight excluding hydrogens is 200 g/mol. The summed E-state index contributed by atoms with van der Waals surface area (Å²) >= 11 is 0. The predicted molar refractivity (Wildman–Crippen MR) is 57.2 cm³/mol. The van der Waals surface area contributed by atoms with Crippen molar-refractivity contribution in [1.82, 2.24) is 9.97 Å². The van der Waals surface area contributed by atoms with Gasteiger partial charge in [0.2, 0.25) is 0 Å². The molecule has 4 heteroatoms. The molecule has 0 bridgehead atoms. The third-order valence-electron chi connectivity index (χ3n) is 1.85. The van der Waals surface area contributed by atoms with E-state index in [0.717, 1.165) is 17.1 Å². The lowest BCUT2D eigenvalue weighted by Crippen LogP contribution is -1.82. The first kappa shape index (κ1) is 10.8. The second-order valence-electron chi connectivity index (χ2n) is 2.78. The van der Waals surface area contributed by atoms with Crippen molar-refractivity contribution in [3.8, 4) is 11.4 Å². The Balaban J connectivity index is 0.000000980. The van der Waals surface area contributed by atoms with Crippen LogP contribution in [0.15, 0.2) is 36.5 Å². The topological polar surface area (TPSA) is 48.9 Å². The zero-order chi connectivity index (χ0) is 9.10. The number of aromatic amines is 1. The monoisotopic (exact) mass is 210 g/mol. The number of rotatable bonds is 2. The smallest absolute Gasteiger partial charge is 0.137 e. The van der Waals surface area contributed by atoms with Crippen molar-refractivity contribution < 1.29 is 5.11 Å². The van der Waals surface area contributed by atoms with Crippen molar-refractivity contribution in [2.45, 2.75) is 6.61 Å². The Morgan fingerprint density at radius 3 is 2.50 bits per heavy atom. The minimum Gasteiger partial charge on any atom is -0.390 e. The van der Waals surface area contributed by atoms with Crippen LogP contribution in [0, 0.1) is 0 Å². The number of aliphatic hydroxyl groups is 1. The maximum atomic E-state index is 8.83. The number of halogens is 1. The van der Waals surface area contributed by atoms with Gasteiger partial charge >= 0.3 is 0 Å². The molecule has 0 aliphatic carbocycles. The van der Waals surface area contributed by atoms with Crippen LogP contribution < -0.4 is 0 Å². The highest BCUT2D eigenvalue weighted by molar-refractivity contribution is 5.85. The Morgan fingerprint density at radius 2 is 1.93 bits per heavy atom. The summed E-state index contributed by atoms with van der Waals surface area (Å²) in [5.74, 6) is 0.796. The summed E-state index contributed by atoms with van der Waals surface area (Å²) in [4.78, 5) is 7.16. The molecular formula is C10H11ClN2O. The highest BCUT2D eigenvalue weighted by atomic mass is 35.5. The number of nitrogens with zero attached hydrogens (tertiary/aromatic N) is 1. The molecule has 0 fully saturated rings. The molecule has 1 aromatic carbocycles. The lowest BCUT2D eigenvalue weighted by atomic mass is 10.2. The maximum absolute atomic E-state index is 8.83. The van der Waals surface area contributed by atoms with E-state index in [-0.39, 0.29) is 19.0 Å². The van der Waals surface area contributed by atoms with E-state index in [0.29, 0.717) is 0 Å². The molecule has 0 radical (unpaired) electrons. The SMILES string of the molecule is Cl.OCc1cnc(-c2ccccc2)[nH]1. The molecule has 1 heterocycles. The van der Waals surface area contributed by atoms with E-state index < -0.39 is 0 Å². The maximum Gasteiger partial charge on any atom is 0.137 e. The van der Waals surface area contributed by atoms with Crippen LogP contribution in [0.3, 0.4) is 0 Å². The summed E-state index contributed by atoms with van der Waals surface area (Å²) in [5, 5.41) is 8.83. The Bertz CT molecular complexity index is 386. The van der Waals surface area contributed by atoms with Gasteiger partial charge in [0.1, 0.15) is 5.82 Å². The molecule has 1 aromatic heterocycles. The van der Waals surface area contributed by atoms with E-state index >= 15 is 0 Å². The van der Waals surface area contributed by atoms with Gasteiger partial charge in [-0.05, 0) is 0 Å². The zero-order valence-corrected chi connectivity index (χ0v) is 8.29. The normalized spacial score (nSPS) is 9.50. The number of aromatic nitrogens is 2. The number of aliphatic hydroxyl groups excluding tert-OH is 1. The average Bonchev–Trinajstić information content (AvgIpc) is 2.67. The second kappa shape index (κ2) is 4.79. The molecule has 2 N–H and O–H groups in total. The fraction of sp³-hybridized carbons (Fsp3) is 0.100. The molecule has 0 unspecified atom stereocenters. The van der Waals surface area contributed by atoms with Crippen LogP contribution in [0.1, 0.15) is 5.69 Å². The molecule has 0 amide bonds. The van der Waals surface area contributed by atoms with Crippen LogP contribution in [-0.2, 0) is 6.61 Å². The third-order valence-corrected chi connectivity index (χ3v) is 1.85. The van der Waals surface area contributed by atoms with E-state index in [2.05, 4.69) is 9.97 Å². The van der Waals surface area contributed by atoms with Crippen molar-refractivity contribution >= 4 is 12.4 Å². The van der Waals surface area contributed by atoms with Crippen LogP contribution in [-0.4, -0.2) is 15.1 Å². The third kappa shape index (κ3) is 2.13. The van der Waals surface area contributed by atoms with E-state index in [9.17, 15) is 0 Å². The Kier molecular flexibility index (Phi) is 3.68. The van der Waals surface area contributed by atoms with Crippen LogP contribution in [0.4, 0.5) is 0 Å². The van der Waals surface area contributed by atoms with Gasteiger partial charge in [-0.15, -0.1) is 12.4 Å². The molecule has 0 saturated carbocycles. The van der Waals surface area contributed by atoms with Crippen molar-refractivity contribution in [1.29, 1.82) is 0 Å². The van der Waals surface area contributed by atoms with Gasteiger partial charge in [-0.25, -0.2) is 4.98 Å². The summed E-state index contributed by atoms with van der Waals surface area (Å²) in [7, 11) is 0. The fourth-order valence-electron chi connectivity index (χ4n) is 1.18. The summed E-state index contributed by atoms with van der Waals surface area (Å²) < 4.78 is 0. The van der Waals surface area contributed by atoms with E-state index in [4.69, 9.17) is 5.11 Å². The summed E-state index contributed by atoms with van der Waals surface area (Å²) in [5.41, 5.74) is 1.76. The van der Waals surface area contributed by atoms with Gasteiger partial charge in [0.15, 0.2) is 0 Å². The van der Waals surface area contributed by atoms with Gasteiger partial charge in [0.25, 0.3) is 0 Å². The summed E-state index contributed by atoms with van der Waals surface area (Å²) in [6.07, 6.45) is 1.64. The Labute approximate surface area is 88.2 Å². The minimum atomic E-state index is -0.000165. The second-order valence-corrected chi connectivity index (χ2v) is 2.78. The van der Waals surface area contributed by atoms with Crippen molar-refractivity contribution in [2.24, 2.45) is 0 Å². The number of imidazole rings is 1. The van der Waals surface area contributed by atoms with E-state index in [1.165, 1.54) is 0 Å². The van der Waals surface area contributed by atoms with Gasteiger partial charge in [-0.1, -0.05) is 30.3 Å². The van der Waals surface area contributed by atoms with Crippen LogP contribution >= 0.6 is 12.4 Å². The molecule has 2 rings (SSSR count). The first-order chi connectivity index (χ1) is 6.40. The first-order valence-corrected chi connectivity index (χ1v) is 4.10. The lowest BCUT2D eigenvalue weighted by Gasteiger charge is -1.94. The van der Waals surface area contributed by atoms with Gasteiger partial charge in [0, 0.05) is 5.56 Å². The van der Waals surface area contributed by atoms with E-state index in [1.807, 2.05) is 30.3 Å². The van der Waals surface area contributed by atoms with Gasteiger partial charge in [-0.3, -0.25) is 0 Å². The largest absolute Gasteiger partial charge is 0.390 e. The van der Waals surface area contributed by atoms with Crippen molar-refractivity contribution in [3.05, 3.63) is 42.2 Å².